The van der Waals surface area contributed by atoms with Gasteiger partial charge in [0.25, 0.3) is 0 Å². The lowest BCUT2D eigenvalue weighted by atomic mass is 9.93. The van der Waals surface area contributed by atoms with Gasteiger partial charge in [0.1, 0.15) is 0 Å². The number of aliphatic hydroxyl groups excluding tert-OH is 1. The normalized spacial score (nSPS) is 18.8. The van der Waals surface area contributed by atoms with Gasteiger partial charge in [0.2, 0.25) is 0 Å². The summed E-state index contributed by atoms with van der Waals surface area (Å²) in [6, 6.07) is -0.0240. The van der Waals surface area contributed by atoms with Crippen molar-refractivity contribution in [1.82, 2.24) is 15.5 Å². The van der Waals surface area contributed by atoms with Crippen LogP contribution in [0.3, 0.4) is 0 Å². The zero-order valence-corrected chi connectivity index (χ0v) is 13.0. The van der Waals surface area contributed by atoms with Crippen molar-refractivity contribution in [2.24, 2.45) is 5.92 Å². The monoisotopic (exact) mass is 285 g/mol. The number of rotatable bonds is 8. The standard InChI is InChI=1S/C15H31N3O2/c1-3-14(8-12-19)17-15(20)16-9-5-13-6-10-18(4-2)11-7-13/h13-14,19H,3-12H2,1-2H3,(H2,16,17,20). The molecule has 1 unspecified atom stereocenters. The number of amides is 2. The predicted molar refractivity (Wildman–Crippen MR) is 81.8 cm³/mol. The van der Waals surface area contributed by atoms with Gasteiger partial charge in [-0.1, -0.05) is 13.8 Å². The minimum Gasteiger partial charge on any atom is -0.396 e. The van der Waals surface area contributed by atoms with Gasteiger partial charge in [-0.25, -0.2) is 4.79 Å². The number of carbonyl (C=O) groups is 1. The Hall–Kier alpha value is -0.810. The number of hydrogen-bond donors (Lipinski definition) is 3. The van der Waals surface area contributed by atoms with Crippen LogP contribution in [0.2, 0.25) is 0 Å². The molecule has 118 valence electrons. The Morgan fingerprint density at radius 1 is 1.35 bits per heavy atom. The van der Waals surface area contributed by atoms with Crippen LogP contribution in [0.15, 0.2) is 0 Å². The van der Waals surface area contributed by atoms with Crippen LogP contribution in [0.25, 0.3) is 0 Å². The van der Waals surface area contributed by atoms with E-state index in [1.54, 1.807) is 0 Å². The lowest BCUT2D eigenvalue weighted by Crippen LogP contribution is -2.43. The molecule has 0 radical (unpaired) electrons. The summed E-state index contributed by atoms with van der Waals surface area (Å²) in [5.41, 5.74) is 0. The first kappa shape index (κ1) is 17.2. The molecule has 0 bridgehead atoms. The summed E-state index contributed by atoms with van der Waals surface area (Å²) in [6.07, 6.45) is 5.04. The number of aliphatic hydroxyl groups is 1. The van der Waals surface area contributed by atoms with Gasteiger partial charge in [0.15, 0.2) is 0 Å². The second-order valence-corrected chi connectivity index (χ2v) is 5.68. The zero-order valence-electron chi connectivity index (χ0n) is 13.0. The molecule has 1 heterocycles. The van der Waals surface area contributed by atoms with Gasteiger partial charge < -0.3 is 20.6 Å². The SMILES string of the molecule is CCC(CCO)NC(=O)NCCC1CCN(CC)CC1. The van der Waals surface area contributed by atoms with Crippen molar-refractivity contribution in [2.75, 3.05) is 32.8 Å². The first-order chi connectivity index (χ1) is 9.69. The van der Waals surface area contributed by atoms with E-state index >= 15 is 0 Å². The molecule has 1 saturated heterocycles. The van der Waals surface area contributed by atoms with Crippen LogP contribution in [0.1, 0.15) is 46.0 Å². The number of urea groups is 1. The Kier molecular flexibility index (Phi) is 8.62. The number of nitrogens with zero attached hydrogens (tertiary/aromatic N) is 1. The molecule has 0 aliphatic carbocycles. The average Bonchev–Trinajstić information content (AvgIpc) is 2.47. The van der Waals surface area contributed by atoms with E-state index in [1.807, 2.05) is 6.92 Å². The maximum absolute atomic E-state index is 11.7. The van der Waals surface area contributed by atoms with E-state index in [1.165, 1.54) is 25.9 Å². The average molecular weight is 285 g/mol. The second-order valence-electron chi connectivity index (χ2n) is 5.68. The fourth-order valence-corrected chi connectivity index (χ4v) is 2.75. The summed E-state index contributed by atoms with van der Waals surface area (Å²) in [4.78, 5) is 14.2. The molecule has 5 heteroatoms. The third-order valence-corrected chi connectivity index (χ3v) is 4.30. The van der Waals surface area contributed by atoms with Crippen LogP contribution in [0, 0.1) is 5.92 Å². The molecule has 20 heavy (non-hydrogen) atoms. The molecule has 1 aliphatic heterocycles. The Morgan fingerprint density at radius 2 is 2.05 bits per heavy atom. The molecule has 3 N–H and O–H groups in total. The van der Waals surface area contributed by atoms with Crippen molar-refractivity contribution < 1.29 is 9.90 Å². The summed E-state index contributed by atoms with van der Waals surface area (Å²) < 4.78 is 0. The highest BCUT2D eigenvalue weighted by molar-refractivity contribution is 5.74. The molecule has 5 nitrogen and oxygen atoms in total. The van der Waals surface area contributed by atoms with Crippen LogP contribution in [-0.2, 0) is 0 Å². The predicted octanol–water partition coefficient (Wildman–Crippen LogP) is 1.57. The molecule has 0 aromatic rings. The summed E-state index contributed by atoms with van der Waals surface area (Å²) in [5.74, 6) is 0.748. The topological polar surface area (TPSA) is 64.6 Å². The number of carbonyl (C=O) groups excluding carboxylic acids is 1. The van der Waals surface area contributed by atoms with Gasteiger partial charge in [-0.15, -0.1) is 0 Å². The van der Waals surface area contributed by atoms with E-state index in [9.17, 15) is 4.79 Å². The summed E-state index contributed by atoms with van der Waals surface area (Å²) in [7, 11) is 0. The molecule has 1 atom stereocenters. The van der Waals surface area contributed by atoms with Crippen molar-refractivity contribution in [3.63, 3.8) is 0 Å². The van der Waals surface area contributed by atoms with Gasteiger partial charge in [-0.05, 0) is 57.7 Å². The van der Waals surface area contributed by atoms with Gasteiger partial charge in [-0.2, -0.15) is 0 Å². The lowest BCUT2D eigenvalue weighted by Gasteiger charge is -2.31. The molecular formula is C15H31N3O2. The lowest BCUT2D eigenvalue weighted by molar-refractivity contribution is 0.185. The fraction of sp³-hybridized carbons (Fsp3) is 0.933. The second kappa shape index (κ2) is 10.00. The van der Waals surface area contributed by atoms with E-state index in [0.717, 1.165) is 31.8 Å². The Bertz CT molecular complexity index is 266. The highest BCUT2D eigenvalue weighted by Crippen LogP contribution is 2.19. The highest BCUT2D eigenvalue weighted by Gasteiger charge is 2.18. The zero-order chi connectivity index (χ0) is 14.8. The van der Waals surface area contributed by atoms with E-state index in [0.29, 0.717) is 6.42 Å². The Labute approximate surface area is 123 Å². The van der Waals surface area contributed by atoms with Crippen molar-refractivity contribution >= 4 is 6.03 Å². The van der Waals surface area contributed by atoms with Crippen LogP contribution in [0.4, 0.5) is 4.79 Å². The van der Waals surface area contributed by atoms with Crippen LogP contribution in [-0.4, -0.2) is 54.9 Å². The molecule has 1 rings (SSSR count). The largest absolute Gasteiger partial charge is 0.396 e. The summed E-state index contributed by atoms with van der Waals surface area (Å²) >= 11 is 0. The maximum Gasteiger partial charge on any atom is 0.315 e. The van der Waals surface area contributed by atoms with Crippen LogP contribution in [0.5, 0.6) is 0 Å². The Morgan fingerprint density at radius 3 is 2.60 bits per heavy atom. The number of nitrogens with one attached hydrogen (secondary N) is 2. The highest BCUT2D eigenvalue weighted by atomic mass is 16.3. The smallest absolute Gasteiger partial charge is 0.315 e. The van der Waals surface area contributed by atoms with E-state index in [2.05, 4.69) is 22.5 Å². The Balaban J connectivity index is 2.10. The summed E-state index contributed by atoms with van der Waals surface area (Å²) in [5, 5.41) is 14.7. The molecule has 1 fully saturated rings. The van der Waals surface area contributed by atoms with Gasteiger partial charge >= 0.3 is 6.03 Å². The molecular weight excluding hydrogens is 254 g/mol. The van der Waals surface area contributed by atoms with Crippen molar-refractivity contribution in [3.8, 4) is 0 Å². The van der Waals surface area contributed by atoms with E-state index < -0.39 is 0 Å². The quantitative estimate of drug-likeness (QED) is 0.634. The third-order valence-electron chi connectivity index (χ3n) is 4.30. The minimum absolute atomic E-state index is 0.0767. The van der Waals surface area contributed by atoms with E-state index in [-0.39, 0.29) is 18.7 Å². The molecule has 0 aromatic carbocycles. The number of piperidine rings is 1. The van der Waals surface area contributed by atoms with Gasteiger partial charge in [-0.3, -0.25) is 0 Å². The number of likely N-dealkylation sites (tertiary alicyclic amines) is 1. The first-order valence-corrected chi connectivity index (χ1v) is 8.07. The maximum atomic E-state index is 11.7. The summed E-state index contributed by atoms with van der Waals surface area (Å²) in [6.45, 7) is 8.64. The fourth-order valence-electron chi connectivity index (χ4n) is 2.75. The molecule has 0 saturated carbocycles. The molecule has 1 aliphatic rings. The number of hydrogen-bond acceptors (Lipinski definition) is 3. The van der Waals surface area contributed by atoms with E-state index in [4.69, 9.17) is 5.11 Å². The molecule has 0 aromatic heterocycles. The van der Waals surface area contributed by atoms with Crippen molar-refractivity contribution in [1.29, 1.82) is 0 Å². The van der Waals surface area contributed by atoms with Gasteiger partial charge in [0, 0.05) is 19.2 Å². The van der Waals surface area contributed by atoms with Crippen LogP contribution >= 0.6 is 0 Å². The minimum atomic E-state index is -0.101. The first-order valence-electron chi connectivity index (χ1n) is 8.07. The molecule has 0 spiro atoms. The van der Waals surface area contributed by atoms with Gasteiger partial charge in [0.05, 0.1) is 0 Å². The third kappa shape index (κ3) is 6.57. The molecule has 2 amide bonds. The van der Waals surface area contributed by atoms with Crippen molar-refractivity contribution in [2.45, 2.75) is 52.0 Å². The van der Waals surface area contributed by atoms with Crippen LogP contribution < -0.4 is 10.6 Å². The van der Waals surface area contributed by atoms with Crippen molar-refractivity contribution in [3.05, 3.63) is 0 Å².